The SMILES string of the molecule is CC(C)(C)OC(=O)C1=C(N)c2nc(C(C)(C)C)cc3cccc1c23. The van der Waals surface area contributed by atoms with Crippen molar-refractivity contribution in [2.45, 2.75) is 52.6 Å². The van der Waals surface area contributed by atoms with E-state index < -0.39 is 11.6 Å². The van der Waals surface area contributed by atoms with E-state index in [-0.39, 0.29) is 5.41 Å². The Bertz CT molecular complexity index is 881. The third-order valence-electron chi connectivity index (χ3n) is 4.02. The van der Waals surface area contributed by atoms with E-state index in [1.165, 1.54) is 0 Å². The molecule has 2 N–H and O–H groups in total. The van der Waals surface area contributed by atoms with Crippen molar-refractivity contribution in [1.29, 1.82) is 0 Å². The molecular formula is C20H24N2O2. The first-order valence-corrected chi connectivity index (χ1v) is 8.17. The fourth-order valence-electron chi connectivity index (χ4n) is 2.91. The summed E-state index contributed by atoms with van der Waals surface area (Å²) in [6, 6.07) is 7.96. The predicted molar refractivity (Wildman–Crippen MR) is 97.3 cm³/mol. The van der Waals surface area contributed by atoms with Gasteiger partial charge in [0.2, 0.25) is 0 Å². The van der Waals surface area contributed by atoms with E-state index in [0.717, 1.165) is 22.0 Å². The number of aromatic nitrogens is 1. The van der Waals surface area contributed by atoms with E-state index >= 15 is 0 Å². The zero-order valence-electron chi connectivity index (χ0n) is 15.2. The van der Waals surface area contributed by atoms with E-state index in [1.54, 1.807) is 0 Å². The lowest BCUT2D eigenvalue weighted by molar-refractivity contribution is -0.147. The summed E-state index contributed by atoms with van der Waals surface area (Å²) in [6.45, 7) is 11.9. The molecule has 0 radical (unpaired) electrons. The molecule has 0 spiro atoms. The van der Waals surface area contributed by atoms with Gasteiger partial charge < -0.3 is 10.5 Å². The number of hydrogen-bond acceptors (Lipinski definition) is 4. The molecule has 0 fully saturated rings. The molecule has 0 amide bonds. The summed E-state index contributed by atoms with van der Waals surface area (Å²) in [4.78, 5) is 17.4. The molecule has 0 atom stereocenters. The topological polar surface area (TPSA) is 65.2 Å². The number of pyridine rings is 1. The second-order valence-corrected chi connectivity index (χ2v) is 8.30. The standard InChI is InChI=1S/C20H24N2O2/c1-19(2,3)13-10-11-8-7-9-12-14(11)17(22-13)16(21)15(12)18(23)24-20(4,5)6/h7-10H,21H2,1-6H3. The maximum Gasteiger partial charge on any atom is 0.341 e. The lowest BCUT2D eigenvalue weighted by Gasteiger charge is -2.20. The molecule has 0 saturated carbocycles. The maximum absolute atomic E-state index is 12.7. The number of nitrogens with two attached hydrogens (primary N) is 1. The van der Waals surface area contributed by atoms with E-state index in [4.69, 9.17) is 15.5 Å². The molecule has 4 heteroatoms. The van der Waals surface area contributed by atoms with Crippen LogP contribution in [0.2, 0.25) is 0 Å². The minimum Gasteiger partial charge on any atom is -0.456 e. The van der Waals surface area contributed by atoms with Crippen LogP contribution in [-0.2, 0) is 14.9 Å². The zero-order chi connectivity index (χ0) is 17.9. The van der Waals surface area contributed by atoms with Gasteiger partial charge in [0.05, 0.1) is 17.0 Å². The number of esters is 1. The number of nitrogens with zero attached hydrogens (tertiary/aromatic N) is 1. The van der Waals surface area contributed by atoms with Crippen molar-refractivity contribution >= 4 is 28.0 Å². The number of hydrogen-bond donors (Lipinski definition) is 1. The molecule has 0 bridgehead atoms. The van der Waals surface area contributed by atoms with Gasteiger partial charge in [0, 0.05) is 22.1 Å². The summed E-state index contributed by atoms with van der Waals surface area (Å²) >= 11 is 0. The first kappa shape index (κ1) is 16.5. The Morgan fingerprint density at radius 1 is 1.12 bits per heavy atom. The van der Waals surface area contributed by atoms with Gasteiger partial charge in [0.1, 0.15) is 5.60 Å². The van der Waals surface area contributed by atoms with Crippen LogP contribution >= 0.6 is 0 Å². The first-order valence-electron chi connectivity index (χ1n) is 8.17. The van der Waals surface area contributed by atoms with Crippen molar-refractivity contribution in [2.24, 2.45) is 5.73 Å². The van der Waals surface area contributed by atoms with Gasteiger partial charge in [-0.25, -0.2) is 4.79 Å². The minimum atomic E-state index is -0.572. The highest BCUT2D eigenvalue weighted by atomic mass is 16.6. The Morgan fingerprint density at radius 3 is 2.38 bits per heavy atom. The van der Waals surface area contributed by atoms with E-state index in [0.29, 0.717) is 17.0 Å². The average Bonchev–Trinajstić information content (AvgIpc) is 2.71. The Morgan fingerprint density at radius 2 is 1.79 bits per heavy atom. The van der Waals surface area contributed by atoms with Gasteiger partial charge in [-0.3, -0.25) is 4.98 Å². The van der Waals surface area contributed by atoms with Crippen LogP contribution in [0, 0.1) is 0 Å². The monoisotopic (exact) mass is 324 g/mol. The second-order valence-electron chi connectivity index (χ2n) is 8.30. The van der Waals surface area contributed by atoms with Crippen LogP contribution in [-0.4, -0.2) is 16.6 Å². The van der Waals surface area contributed by atoms with Crippen LogP contribution in [0.4, 0.5) is 0 Å². The average molecular weight is 324 g/mol. The molecule has 0 aliphatic heterocycles. The van der Waals surface area contributed by atoms with Gasteiger partial charge in [0.15, 0.2) is 0 Å². The number of rotatable bonds is 1. The predicted octanol–water partition coefficient (Wildman–Crippen LogP) is 4.01. The summed E-state index contributed by atoms with van der Waals surface area (Å²) in [5.41, 5.74) is 8.93. The van der Waals surface area contributed by atoms with Crippen LogP contribution in [0.1, 0.15) is 58.5 Å². The van der Waals surface area contributed by atoms with Crippen LogP contribution in [0.5, 0.6) is 0 Å². The maximum atomic E-state index is 12.7. The molecule has 0 unspecified atom stereocenters. The molecular weight excluding hydrogens is 300 g/mol. The molecule has 4 nitrogen and oxygen atoms in total. The van der Waals surface area contributed by atoms with Crippen molar-refractivity contribution in [3.05, 3.63) is 41.2 Å². The first-order chi connectivity index (χ1) is 11.0. The highest BCUT2D eigenvalue weighted by molar-refractivity contribution is 6.31. The van der Waals surface area contributed by atoms with Gasteiger partial charge in [0.25, 0.3) is 0 Å². The summed E-state index contributed by atoms with van der Waals surface area (Å²) in [5, 5.41) is 1.98. The largest absolute Gasteiger partial charge is 0.456 e. The van der Waals surface area contributed by atoms with Crippen molar-refractivity contribution in [3.63, 3.8) is 0 Å². The second kappa shape index (κ2) is 5.07. The highest BCUT2D eigenvalue weighted by Gasteiger charge is 2.32. The number of carbonyl (C=O) groups excluding carboxylic acids is 1. The fourth-order valence-corrected chi connectivity index (χ4v) is 2.91. The quantitative estimate of drug-likeness (QED) is 0.805. The number of ether oxygens (including phenoxy) is 1. The minimum absolute atomic E-state index is 0.102. The Balaban J connectivity index is 2.23. The molecule has 24 heavy (non-hydrogen) atoms. The summed E-state index contributed by atoms with van der Waals surface area (Å²) in [7, 11) is 0. The summed E-state index contributed by atoms with van der Waals surface area (Å²) in [5.74, 6) is -0.400. The molecule has 1 aromatic heterocycles. The van der Waals surface area contributed by atoms with E-state index in [1.807, 2.05) is 39.0 Å². The highest BCUT2D eigenvalue weighted by Crippen LogP contribution is 2.41. The van der Waals surface area contributed by atoms with Crippen molar-refractivity contribution in [2.75, 3.05) is 0 Å². The third kappa shape index (κ3) is 2.66. The fraction of sp³-hybridized carbons (Fsp3) is 0.400. The van der Waals surface area contributed by atoms with Crippen molar-refractivity contribution < 1.29 is 9.53 Å². The smallest absolute Gasteiger partial charge is 0.341 e. The molecule has 1 heterocycles. The zero-order valence-corrected chi connectivity index (χ0v) is 15.2. The van der Waals surface area contributed by atoms with Crippen LogP contribution in [0.25, 0.3) is 22.0 Å². The Kier molecular flexibility index (Phi) is 3.48. The normalized spacial score (nSPS) is 14.4. The van der Waals surface area contributed by atoms with Crippen LogP contribution < -0.4 is 5.73 Å². The van der Waals surface area contributed by atoms with Gasteiger partial charge in [-0.2, -0.15) is 0 Å². The van der Waals surface area contributed by atoms with Crippen LogP contribution in [0.15, 0.2) is 24.3 Å². The molecule has 3 rings (SSSR count). The Hall–Kier alpha value is -2.36. The van der Waals surface area contributed by atoms with Crippen molar-refractivity contribution in [3.8, 4) is 0 Å². The molecule has 1 aliphatic rings. The van der Waals surface area contributed by atoms with E-state index in [2.05, 4.69) is 26.8 Å². The van der Waals surface area contributed by atoms with Gasteiger partial charge in [-0.15, -0.1) is 0 Å². The van der Waals surface area contributed by atoms with E-state index in [9.17, 15) is 4.79 Å². The lowest BCUT2D eigenvalue weighted by atomic mass is 9.90. The lowest BCUT2D eigenvalue weighted by Crippen LogP contribution is -2.25. The molecule has 2 aromatic rings. The molecule has 0 saturated heterocycles. The number of benzene rings is 1. The summed E-state index contributed by atoms with van der Waals surface area (Å²) < 4.78 is 5.55. The third-order valence-corrected chi connectivity index (χ3v) is 4.02. The van der Waals surface area contributed by atoms with Crippen molar-refractivity contribution in [1.82, 2.24) is 4.98 Å². The summed E-state index contributed by atoms with van der Waals surface area (Å²) in [6.07, 6.45) is 0. The van der Waals surface area contributed by atoms with Crippen LogP contribution in [0.3, 0.4) is 0 Å². The number of carbonyl (C=O) groups is 1. The molecule has 126 valence electrons. The van der Waals surface area contributed by atoms with Gasteiger partial charge >= 0.3 is 5.97 Å². The Labute approximate surface area is 142 Å². The molecule has 1 aliphatic carbocycles. The molecule has 1 aromatic carbocycles. The van der Waals surface area contributed by atoms with Gasteiger partial charge in [-0.05, 0) is 32.2 Å². The van der Waals surface area contributed by atoms with Gasteiger partial charge in [-0.1, -0.05) is 39.0 Å².